The maximum absolute atomic E-state index is 12.6. The average molecular weight is 405 g/mol. The molecule has 0 saturated heterocycles. The Kier molecular flexibility index (Phi) is 7.05. The van der Waals surface area contributed by atoms with Gasteiger partial charge in [0, 0.05) is 37.7 Å². The minimum atomic E-state index is -0.546. The normalized spacial score (nSPS) is 10.3. The molecule has 0 spiro atoms. The number of aromatic nitrogens is 3. The smallest absolute Gasteiger partial charge is 0.343 e. The quantitative estimate of drug-likeness (QED) is 0.576. The summed E-state index contributed by atoms with van der Waals surface area (Å²) in [5, 5.41) is 2.97. The third-order valence-electron chi connectivity index (χ3n) is 4.29. The molecule has 8 nitrogen and oxygen atoms in total. The first-order chi connectivity index (χ1) is 14.6. The monoisotopic (exact) mass is 405 g/mol. The molecule has 0 bridgehead atoms. The highest BCUT2D eigenvalue weighted by atomic mass is 16.5. The molecule has 154 valence electrons. The first kappa shape index (κ1) is 20.9. The van der Waals surface area contributed by atoms with E-state index in [1.54, 1.807) is 31.3 Å². The molecule has 0 aliphatic carbocycles. The van der Waals surface area contributed by atoms with Crippen LogP contribution in [0.25, 0.3) is 11.4 Å². The summed E-state index contributed by atoms with van der Waals surface area (Å²) in [5.41, 5.74) is 1.91. The molecule has 1 aromatic carbocycles. The van der Waals surface area contributed by atoms with E-state index in [2.05, 4.69) is 20.3 Å². The Morgan fingerprint density at radius 2 is 1.90 bits per heavy atom. The van der Waals surface area contributed by atoms with Gasteiger partial charge in [0.05, 0.1) is 13.2 Å². The molecule has 8 heteroatoms. The van der Waals surface area contributed by atoms with Crippen LogP contribution < -0.4 is 5.32 Å². The second-order valence-electron chi connectivity index (χ2n) is 6.51. The molecule has 0 unspecified atom stereocenters. The summed E-state index contributed by atoms with van der Waals surface area (Å²) in [4.78, 5) is 39.2. The molecule has 0 radical (unpaired) electrons. The number of anilines is 1. The molecular weight excluding hydrogens is 382 g/mol. The van der Waals surface area contributed by atoms with E-state index in [4.69, 9.17) is 4.74 Å². The van der Waals surface area contributed by atoms with Crippen LogP contribution in [0.5, 0.6) is 0 Å². The van der Waals surface area contributed by atoms with Crippen LogP contribution in [0.15, 0.2) is 61.1 Å². The topological polar surface area (TPSA) is 97.3 Å². The Morgan fingerprint density at radius 3 is 2.60 bits per heavy atom. The molecular formula is C22H23N5O3. The van der Waals surface area contributed by atoms with Gasteiger partial charge in [-0.05, 0) is 18.6 Å². The number of carbonyl (C=O) groups excluding carboxylic acids is 2. The summed E-state index contributed by atoms with van der Waals surface area (Å²) in [5.74, 6) is -0.00273. The number of benzene rings is 1. The van der Waals surface area contributed by atoms with Gasteiger partial charge in [0.2, 0.25) is 5.91 Å². The number of ether oxygens (including phenoxy) is 1. The van der Waals surface area contributed by atoms with Crippen LogP contribution in [0, 0.1) is 0 Å². The standard InChI is InChI=1S/C22H23N5O3/c1-3-30-22(29)18-13-24-20(17-9-5-4-6-10-17)26-21(18)25-14-19(28)27(2)15-16-8-7-11-23-12-16/h4-13H,3,14-15H2,1-2H3,(H,24,25,26). The summed E-state index contributed by atoms with van der Waals surface area (Å²) in [6.07, 6.45) is 4.81. The lowest BCUT2D eigenvalue weighted by Gasteiger charge is -2.18. The van der Waals surface area contributed by atoms with Crippen molar-refractivity contribution in [3.05, 3.63) is 72.2 Å². The number of nitrogens with zero attached hydrogens (tertiary/aromatic N) is 4. The Bertz CT molecular complexity index is 996. The van der Waals surface area contributed by atoms with E-state index in [9.17, 15) is 9.59 Å². The van der Waals surface area contributed by atoms with Crippen molar-refractivity contribution >= 4 is 17.7 Å². The predicted molar refractivity (Wildman–Crippen MR) is 113 cm³/mol. The van der Waals surface area contributed by atoms with Crippen molar-refractivity contribution in [3.8, 4) is 11.4 Å². The fourth-order valence-electron chi connectivity index (χ4n) is 2.75. The highest BCUT2D eigenvalue weighted by Gasteiger charge is 2.18. The van der Waals surface area contributed by atoms with Crippen LogP contribution >= 0.6 is 0 Å². The minimum Gasteiger partial charge on any atom is -0.462 e. The summed E-state index contributed by atoms with van der Waals surface area (Å²) >= 11 is 0. The molecule has 0 aliphatic heterocycles. The molecule has 0 aliphatic rings. The molecule has 1 N–H and O–H groups in total. The highest BCUT2D eigenvalue weighted by Crippen LogP contribution is 2.20. The molecule has 0 atom stereocenters. The number of hydrogen-bond donors (Lipinski definition) is 1. The number of rotatable bonds is 8. The zero-order chi connectivity index (χ0) is 21.3. The van der Waals surface area contributed by atoms with E-state index < -0.39 is 5.97 Å². The van der Waals surface area contributed by atoms with Gasteiger partial charge in [-0.1, -0.05) is 36.4 Å². The van der Waals surface area contributed by atoms with Crippen LogP contribution in [-0.2, 0) is 16.1 Å². The van der Waals surface area contributed by atoms with Gasteiger partial charge in [-0.25, -0.2) is 14.8 Å². The van der Waals surface area contributed by atoms with Crippen molar-refractivity contribution in [2.24, 2.45) is 0 Å². The largest absolute Gasteiger partial charge is 0.462 e. The predicted octanol–water partition coefficient (Wildman–Crippen LogP) is 2.79. The summed E-state index contributed by atoms with van der Waals surface area (Å²) in [6, 6.07) is 13.1. The van der Waals surface area contributed by atoms with Crippen LogP contribution in [0.2, 0.25) is 0 Å². The van der Waals surface area contributed by atoms with E-state index >= 15 is 0 Å². The molecule has 2 heterocycles. The molecule has 1 amide bonds. The average Bonchev–Trinajstić information content (AvgIpc) is 2.78. The van der Waals surface area contributed by atoms with Crippen molar-refractivity contribution in [3.63, 3.8) is 0 Å². The molecule has 30 heavy (non-hydrogen) atoms. The van der Waals surface area contributed by atoms with Gasteiger partial charge in [0.25, 0.3) is 0 Å². The first-order valence-corrected chi connectivity index (χ1v) is 9.54. The third kappa shape index (κ3) is 5.38. The second kappa shape index (κ2) is 10.1. The SMILES string of the molecule is CCOC(=O)c1cnc(-c2ccccc2)nc1NCC(=O)N(C)Cc1cccnc1. The lowest BCUT2D eigenvalue weighted by atomic mass is 10.2. The maximum atomic E-state index is 12.6. The number of esters is 1. The van der Waals surface area contributed by atoms with Gasteiger partial charge < -0.3 is 15.0 Å². The highest BCUT2D eigenvalue weighted by molar-refractivity contribution is 5.95. The van der Waals surface area contributed by atoms with E-state index in [-0.39, 0.29) is 30.4 Å². The van der Waals surface area contributed by atoms with Gasteiger partial charge in [-0.3, -0.25) is 9.78 Å². The van der Waals surface area contributed by atoms with Crippen LogP contribution in [0.1, 0.15) is 22.8 Å². The zero-order valence-electron chi connectivity index (χ0n) is 16.9. The molecule has 3 rings (SSSR count). The van der Waals surface area contributed by atoms with E-state index in [0.717, 1.165) is 11.1 Å². The third-order valence-corrected chi connectivity index (χ3v) is 4.29. The Morgan fingerprint density at radius 1 is 1.10 bits per heavy atom. The minimum absolute atomic E-state index is 0.0333. The molecule has 3 aromatic rings. The van der Waals surface area contributed by atoms with Crippen molar-refractivity contribution in [2.45, 2.75) is 13.5 Å². The van der Waals surface area contributed by atoms with Crippen molar-refractivity contribution in [2.75, 3.05) is 25.5 Å². The van der Waals surface area contributed by atoms with E-state index in [0.29, 0.717) is 12.4 Å². The van der Waals surface area contributed by atoms with Crippen molar-refractivity contribution in [1.29, 1.82) is 0 Å². The number of carbonyl (C=O) groups is 2. The number of pyridine rings is 1. The number of amides is 1. The fourth-order valence-corrected chi connectivity index (χ4v) is 2.75. The Hall–Kier alpha value is -3.81. The molecule has 0 saturated carbocycles. The van der Waals surface area contributed by atoms with Gasteiger partial charge in [-0.2, -0.15) is 0 Å². The zero-order valence-corrected chi connectivity index (χ0v) is 16.9. The van der Waals surface area contributed by atoms with Crippen LogP contribution in [-0.4, -0.2) is 51.9 Å². The first-order valence-electron chi connectivity index (χ1n) is 9.54. The van der Waals surface area contributed by atoms with Gasteiger partial charge >= 0.3 is 5.97 Å². The molecule has 0 fully saturated rings. The maximum Gasteiger partial charge on any atom is 0.343 e. The van der Waals surface area contributed by atoms with Crippen LogP contribution in [0.4, 0.5) is 5.82 Å². The van der Waals surface area contributed by atoms with Crippen LogP contribution in [0.3, 0.4) is 0 Å². The van der Waals surface area contributed by atoms with Gasteiger partial charge in [0.1, 0.15) is 11.4 Å². The summed E-state index contributed by atoms with van der Waals surface area (Å²) in [7, 11) is 1.71. The lowest BCUT2D eigenvalue weighted by Crippen LogP contribution is -2.32. The Labute approximate surface area is 175 Å². The Balaban J connectivity index is 1.76. The fraction of sp³-hybridized carbons (Fsp3) is 0.227. The molecule has 2 aromatic heterocycles. The van der Waals surface area contributed by atoms with Gasteiger partial charge in [0.15, 0.2) is 5.82 Å². The second-order valence-corrected chi connectivity index (χ2v) is 6.51. The lowest BCUT2D eigenvalue weighted by molar-refractivity contribution is -0.128. The van der Waals surface area contributed by atoms with Gasteiger partial charge in [-0.15, -0.1) is 0 Å². The number of likely N-dealkylation sites (N-methyl/N-ethyl adjacent to an activating group) is 1. The summed E-state index contributed by atoms with van der Waals surface area (Å²) in [6.45, 7) is 2.35. The van der Waals surface area contributed by atoms with Crippen molar-refractivity contribution < 1.29 is 14.3 Å². The van der Waals surface area contributed by atoms with E-state index in [1.807, 2.05) is 42.5 Å². The van der Waals surface area contributed by atoms with Crippen molar-refractivity contribution in [1.82, 2.24) is 19.9 Å². The number of hydrogen-bond acceptors (Lipinski definition) is 7. The van der Waals surface area contributed by atoms with E-state index in [1.165, 1.54) is 6.20 Å². The summed E-state index contributed by atoms with van der Waals surface area (Å²) < 4.78 is 5.09. The number of nitrogens with one attached hydrogen (secondary N) is 1.